The molecule has 17 heavy (non-hydrogen) atoms. The van der Waals surface area contributed by atoms with Crippen molar-refractivity contribution < 1.29 is 4.79 Å². The molecule has 0 spiro atoms. The van der Waals surface area contributed by atoms with Crippen LogP contribution < -0.4 is 0 Å². The lowest BCUT2D eigenvalue weighted by atomic mass is 10.0. The van der Waals surface area contributed by atoms with E-state index in [0.717, 1.165) is 38.1 Å². The van der Waals surface area contributed by atoms with Crippen molar-refractivity contribution >= 4 is 5.91 Å². The van der Waals surface area contributed by atoms with Crippen molar-refractivity contribution in [1.29, 1.82) is 0 Å². The lowest BCUT2D eigenvalue weighted by Gasteiger charge is -2.30. The minimum absolute atomic E-state index is 0.0318. The van der Waals surface area contributed by atoms with Crippen LogP contribution >= 0.6 is 0 Å². The number of nitrogens with one attached hydrogen (secondary N) is 1. The molecule has 5 heteroatoms. The summed E-state index contributed by atoms with van der Waals surface area (Å²) in [5.41, 5.74) is -0.0581. The van der Waals surface area contributed by atoms with Gasteiger partial charge in [0.05, 0.1) is 0 Å². The monoisotopic (exact) mass is 234 g/mol. The van der Waals surface area contributed by atoms with Gasteiger partial charge in [0.1, 0.15) is 5.82 Å². The van der Waals surface area contributed by atoms with Crippen LogP contribution in [0.5, 0.6) is 0 Å². The first-order chi connectivity index (χ1) is 8.08. The standard InChI is InChI=1S/C12H18N4O/c1-12(2)6-3-7-16(12)11(17)10-13-9(14-15-10)8-4-5-8/h8H,3-7H2,1-2H3,(H,13,14,15). The molecule has 0 radical (unpaired) electrons. The van der Waals surface area contributed by atoms with Crippen molar-refractivity contribution in [2.24, 2.45) is 0 Å². The number of amides is 1. The average Bonchev–Trinajstić information content (AvgIpc) is 2.90. The highest BCUT2D eigenvalue weighted by atomic mass is 16.2. The maximum atomic E-state index is 12.3. The van der Waals surface area contributed by atoms with Gasteiger partial charge in [-0.25, -0.2) is 4.98 Å². The molecular weight excluding hydrogens is 216 g/mol. The topological polar surface area (TPSA) is 61.9 Å². The lowest BCUT2D eigenvalue weighted by molar-refractivity contribution is 0.0639. The van der Waals surface area contributed by atoms with Gasteiger partial charge in [0.15, 0.2) is 0 Å². The van der Waals surface area contributed by atoms with E-state index in [9.17, 15) is 4.79 Å². The van der Waals surface area contributed by atoms with Gasteiger partial charge in [-0.2, -0.15) is 0 Å². The zero-order valence-corrected chi connectivity index (χ0v) is 10.4. The molecule has 1 saturated heterocycles. The van der Waals surface area contributed by atoms with E-state index in [1.54, 1.807) is 0 Å². The summed E-state index contributed by atoms with van der Waals surface area (Å²) in [6.07, 6.45) is 4.45. The maximum Gasteiger partial charge on any atom is 0.293 e. The van der Waals surface area contributed by atoms with Crippen LogP contribution in [0.15, 0.2) is 0 Å². The van der Waals surface area contributed by atoms with Crippen LogP contribution in [0, 0.1) is 0 Å². The molecule has 5 nitrogen and oxygen atoms in total. The second-order valence-corrected chi connectivity index (χ2v) is 5.69. The van der Waals surface area contributed by atoms with Crippen molar-refractivity contribution in [3.05, 3.63) is 11.6 Å². The van der Waals surface area contributed by atoms with Gasteiger partial charge in [-0.3, -0.25) is 9.89 Å². The summed E-state index contributed by atoms with van der Waals surface area (Å²) in [6, 6.07) is 0. The third kappa shape index (κ3) is 1.83. The minimum atomic E-state index is -0.0581. The fraction of sp³-hybridized carbons (Fsp3) is 0.750. The number of aromatic amines is 1. The summed E-state index contributed by atoms with van der Waals surface area (Å²) >= 11 is 0. The Morgan fingerprint density at radius 3 is 2.82 bits per heavy atom. The third-order valence-corrected chi connectivity index (χ3v) is 3.80. The SMILES string of the molecule is CC1(C)CCCN1C(=O)c1n[nH]c(C2CC2)n1. The Morgan fingerprint density at radius 1 is 1.47 bits per heavy atom. The van der Waals surface area contributed by atoms with E-state index in [1.165, 1.54) is 0 Å². The van der Waals surface area contributed by atoms with Gasteiger partial charge in [0.25, 0.3) is 5.91 Å². The maximum absolute atomic E-state index is 12.3. The number of likely N-dealkylation sites (tertiary alicyclic amines) is 1. The van der Waals surface area contributed by atoms with Gasteiger partial charge in [-0.05, 0) is 39.5 Å². The van der Waals surface area contributed by atoms with E-state index in [4.69, 9.17) is 0 Å². The van der Waals surface area contributed by atoms with E-state index in [2.05, 4.69) is 29.0 Å². The van der Waals surface area contributed by atoms with Crippen molar-refractivity contribution in [1.82, 2.24) is 20.1 Å². The first-order valence-electron chi connectivity index (χ1n) is 6.32. The predicted molar refractivity (Wildman–Crippen MR) is 62.7 cm³/mol. The Bertz CT molecular complexity index is 447. The molecule has 1 amide bonds. The van der Waals surface area contributed by atoms with Crippen molar-refractivity contribution in [2.75, 3.05) is 6.54 Å². The van der Waals surface area contributed by atoms with E-state index < -0.39 is 0 Å². The Hall–Kier alpha value is -1.39. The summed E-state index contributed by atoms with van der Waals surface area (Å²) in [6.45, 7) is 5.03. The first kappa shape index (κ1) is 10.7. The van der Waals surface area contributed by atoms with E-state index in [-0.39, 0.29) is 11.4 Å². The van der Waals surface area contributed by atoms with Crippen LogP contribution in [0.4, 0.5) is 0 Å². The largest absolute Gasteiger partial charge is 0.331 e. The third-order valence-electron chi connectivity index (χ3n) is 3.80. The van der Waals surface area contributed by atoms with Crippen LogP contribution in [0.3, 0.4) is 0 Å². The number of H-pyrrole nitrogens is 1. The number of hydrogen-bond acceptors (Lipinski definition) is 3. The highest BCUT2D eigenvalue weighted by Crippen LogP contribution is 2.38. The average molecular weight is 234 g/mol. The fourth-order valence-electron chi connectivity index (χ4n) is 2.51. The summed E-state index contributed by atoms with van der Waals surface area (Å²) in [5, 5.41) is 6.95. The highest BCUT2D eigenvalue weighted by molar-refractivity contribution is 5.91. The molecular formula is C12H18N4O. The van der Waals surface area contributed by atoms with Crippen LogP contribution in [0.25, 0.3) is 0 Å². The summed E-state index contributed by atoms with van der Waals surface area (Å²) in [7, 11) is 0. The van der Waals surface area contributed by atoms with Gasteiger partial charge in [-0.1, -0.05) is 0 Å². The molecule has 1 N–H and O–H groups in total. The number of carbonyl (C=O) groups excluding carboxylic acids is 1. The molecule has 0 atom stereocenters. The number of carbonyl (C=O) groups is 1. The lowest BCUT2D eigenvalue weighted by Crippen LogP contribution is -2.43. The summed E-state index contributed by atoms with van der Waals surface area (Å²) in [5.74, 6) is 1.69. The van der Waals surface area contributed by atoms with Gasteiger partial charge >= 0.3 is 0 Å². The summed E-state index contributed by atoms with van der Waals surface area (Å²) < 4.78 is 0. The quantitative estimate of drug-likeness (QED) is 0.847. The van der Waals surface area contributed by atoms with Crippen LogP contribution in [-0.4, -0.2) is 38.1 Å². The Labute approximate surface area is 101 Å². The normalized spacial score (nSPS) is 23.1. The highest BCUT2D eigenvalue weighted by Gasteiger charge is 2.38. The fourth-order valence-corrected chi connectivity index (χ4v) is 2.51. The Balaban J connectivity index is 1.80. The van der Waals surface area contributed by atoms with Crippen LogP contribution in [0.2, 0.25) is 0 Å². The van der Waals surface area contributed by atoms with Gasteiger partial charge in [0, 0.05) is 18.0 Å². The van der Waals surface area contributed by atoms with E-state index >= 15 is 0 Å². The van der Waals surface area contributed by atoms with Crippen molar-refractivity contribution in [3.63, 3.8) is 0 Å². The molecule has 1 aromatic heterocycles. The molecule has 3 rings (SSSR count). The van der Waals surface area contributed by atoms with Crippen molar-refractivity contribution in [3.8, 4) is 0 Å². The molecule has 0 aromatic carbocycles. The minimum Gasteiger partial charge on any atom is -0.331 e. The predicted octanol–water partition coefficient (Wildman–Crippen LogP) is 1.70. The van der Waals surface area contributed by atoms with Crippen LogP contribution in [0.1, 0.15) is 61.9 Å². The zero-order valence-electron chi connectivity index (χ0n) is 10.4. The molecule has 2 fully saturated rings. The van der Waals surface area contributed by atoms with Crippen molar-refractivity contribution in [2.45, 2.75) is 51.0 Å². The molecule has 1 saturated carbocycles. The molecule has 2 heterocycles. The van der Waals surface area contributed by atoms with Gasteiger partial charge < -0.3 is 4.90 Å². The molecule has 2 aliphatic rings. The molecule has 1 aromatic rings. The van der Waals surface area contributed by atoms with E-state index in [1.807, 2.05) is 4.90 Å². The number of nitrogens with zero attached hydrogens (tertiary/aromatic N) is 3. The second-order valence-electron chi connectivity index (χ2n) is 5.69. The molecule has 1 aliphatic carbocycles. The first-order valence-corrected chi connectivity index (χ1v) is 6.32. The van der Waals surface area contributed by atoms with Gasteiger partial charge in [-0.15, -0.1) is 5.10 Å². The molecule has 92 valence electrons. The Morgan fingerprint density at radius 2 is 2.24 bits per heavy atom. The number of hydrogen-bond donors (Lipinski definition) is 1. The second kappa shape index (κ2) is 3.55. The summed E-state index contributed by atoms with van der Waals surface area (Å²) in [4.78, 5) is 18.5. The smallest absolute Gasteiger partial charge is 0.293 e. The van der Waals surface area contributed by atoms with E-state index in [0.29, 0.717) is 11.7 Å². The Kier molecular flexibility index (Phi) is 2.24. The van der Waals surface area contributed by atoms with Gasteiger partial charge in [0.2, 0.25) is 5.82 Å². The molecule has 0 bridgehead atoms. The van der Waals surface area contributed by atoms with Crippen LogP contribution in [-0.2, 0) is 0 Å². The number of rotatable bonds is 2. The molecule has 0 unspecified atom stereocenters. The number of aromatic nitrogens is 3. The molecule has 1 aliphatic heterocycles. The zero-order chi connectivity index (χ0) is 12.0.